The highest BCUT2D eigenvalue weighted by molar-refractivity contribution is 5.86. The van der Waals surface area contributed by atoms with Crippen molar-refractivity contribution < 1.29 is 9.21 Å². The monoisotopic (exact) mass is 378 g/mol. The van der Waals surface area contributed by atoms with E-state index in [0.29, 0.717) is 19.0 Å². The summed E-state index contributed by atoms with van der Waals surface area (Å²) < 4.78 is 5.89. The fraction of sp³-hybridized carbons (Fsp3) is 0.273. The molecule has 28 heavy (non-hydrogen) atoms. The molecular formula is C22H26N4O2. The average Bonchev–Trinajstić information content (AvgIpc) is 3.05. The first-order chi connectivity index (χ1) is 13.7. The zero-order valence-electron chi connectivity index (χ0n) is 16.3. The Kier molecular flexibility index (Phi) is 6.68. The van der Waals surface area contributed by atoms with Crippen LogP contribution in [0, 0.1) is 6.92 Å². The molecule has 1 amide bonds. The van der Waals surface area contributed by atoms with Crippen LogP contribution in [0.2, 0.25) is 0 Å². The molecule has 3 aromatic rings. The van der Waals surface area contributed by atoms with Gasteiger partial charge in [0, 0.05) is 24.5 Å². The van der Waals surface area contributed by atoms with Gasteiger partial charge < -0.3 is 20.4 Å². The maximum absolute atomic E-state index is 12.0. The van der Waals surface area contributed by atoms with Crippen molar-refractivity contribution in [1.29, 1.82) is 0 Å². The lowest BCUT2D eigenvalue weighted by Crippen LogP contribution is -2.43. The number of rotatable bonds is 7. The molecule has 0 radical (unpaired) electrons. The van der Waals surface area contributed by atoms with Crippen molar-refractivity contribution in [2.24, 2.45) is 4.99 Å². The molecule has 0 spiro atoms. The van der Waals surface area contributed by atoms with Crippen LogP contribution in [-0.4, -0.2) is 32.0 Å². The molecular weight excluding hydrogens is 352 g/mol. The molecule has 1 aromatic heterocycles. The third kappa shape index (κ3) is 5.13. The Hall–Kier alpha value is -3.28. The van der Waals surface area contributed by atoms with E-state index in [2.05, 4.69) is 33.1 Å². The van der Waals surface area contributed by atoms with E-state index in [1.807, 2.05) is 49.4 Å². The summed E-state index contributed by atoms with van der Waals surface area (Å²) in [6.45, 7) is 3.30. The fourth-order valence-electron chi connectivity index (χ4n) is 3.00. The number of benzene rings is 2. The largest absolute Gasteiger partial charge is 0.459 e. The predicted octanol–water partition coefficient (Wildman–Crippen LogP) is 2.77. The van der Waals surface area contributed by atoms with Crippen LogP contribution in [0.15, 0.2) is 64.0 Å². The van der Waals surface area contributed by atoms with Crippen LogP contribution in [0.4, 0.5) is 0 Å². The van der Waals surface area contributed by atoms with Gasteiger partial charge in [0.05, 0.1) is 13.1 Å². The van der Waals surface area contributed by atoms with Gasteiger partial charge in [0.15, 0.2) is 5.96 Å². The van der Waals surface area contributed by atoms with E-state index in [0.717, 1.165) is 28.7 Å². The van der Waals surface area contributed by atoms with Gasteiger partial charge in [0.25, 0.3) is 0 Å². The molecule has 0 saturated carbocycles. The van der Waals surface area contributed by atoms with Crippen molar-refractivity contribution >= 4 is 22.8 Å². The molecule has 3 N–H and O–H groups in total. The number of guanidine groups is 1. The summed E-state index contributed by atoms with van der Waals surface area (Å²) in [5.41, 5.74) is 3.18. The normalized spacial score (nSPS) is 11.4. The highest BCUT2D eigenvalue weighted by atomic mass is 16.3. The van der Waals surface area contributed by atoms with Crippen LogP contribution in [0.25, 0.3) is 11.0 Å². The Balaban J connectivity index is 1.42. The van der Waals surface area contributed by atoms with Crippen molar-refractivity contribution in [3.8, 4) is 0 Å². The zero-order chi connectivity index (χ0) is 19.8. The number of carbonyl (C=O) groups is 1. The van der Waals surface area contributed by atoms with Crippen LogP contribution in [0.5, 0.6) is 0 Å². The van der Waals surface area contributed by atoms with Gasteiger partial charge in [-0.2, -0.15) is 0 Å². The van der Waals surface area contributed by atoms with Gasteiger partial charge >= 0.3 is 0 Å². The van der Waals surface area contributed by atoms with Gasteiger partial charge in [-0.05, 0) is 25.0 Å². The number of carbonyl (C=O) groups excluding carboxylic acids is 1. The minimum Gasteiger partial charge on any atom is -0.459 e. The minimum absolute atomic E-state index is 0.0706. The molecule has 0 aliphatic rings. The average molecular weight is 378 g/mol. The lowest BCUT2D eigenvalue weighted by molar-refractivity contribution is -0.119. The Morgan fingerprint density at radius 3 is 2.50 bits per heavy atom. The summed E-state index contributed by atoms with van der Waals surface area (Å²) in [6.07, 6.45) is 0.810. The summed E-state index contributed by atoms with van der Waals surface area (Å²) in [7, 11) is 1.67. The number of hydrogen-bond donors (Lipinski definition) is 3. The second-order valence-corrected chi connectivity index (χ2v) is 6.51. The highest BCUT2D eigenvalue weighted by Crippen LogP contribution is 2.24. The molecule has 0 atom stereocenters. The maximum atomic E-state index is 12.0. The number of nitrogens with one attached hydrogen (secondary N) is 3. The predicted molar refractivity (Wildman–Crippen MR) is 112 cm³/mol. The SMILES string of the molecule is CN=C(NCC(=O)NCCc1ccccc1)NCc1oc2ccccc2c1C. The number of hydrogen-bond acceptors (Lipinski definition) is 3. The number of aryl methyl sites for hydroxylation is 1. The van der Waals surface area contributed by atoms with Gasteiger partial charge in [-0.3, -0.25) is 9.79 Å². The van der Waals surface area contributed by atoms with Crippen LogP contribution < -0.4 is 16.0 Å². The van der Waals surface area contributed by atoms with E-state index >= 15 is 0 Å². The molecule has 0 fully saturated rings. The number of furan rings is 1. The summed E-state index contributed by atoms with van der Waals surface area (Å²) in [4.78, 5) is 16.2. The Bertz CT molecular complexity index is 948. The molecule has 0 saturated heterocycles. The first kappa shape index (κ1) is 19.5. The molecule has 0 aliphatic heterocycles. The quantitative estimate of drug-likeness (QED) is 0.436. The number of amides is 1. The Morgan fingerprint density at radius 2 is 1.75 bits per heavy atom. The summed E-state index contributed by atoms with van der Waals surface area (Å²) >= 11 is 0. The third-order valence-corrected chi connectivity index (χ3v) is 4.58. The van der Waals surface area contributed by atoms with Crippen molar-refractivity contribution in [3.63, 3.8) is 0 Å². The fourth-order valence-corrected chi connectivity index (χ4v) is 3.00. The topological polar surface area (TPSA) is 78.7 Å². The van der Waals surface area contributed by atoms with Gasteiger partial charge in [-0.1, -0.05) is 48.5 Å². The molecule has 146 valence electrons. The van der Waals surface area contributed by atoms with Crippen molar-refractivity contribution in [2.45, 2.75) is 19.9 Å². The van der Waals surface area contributed by atoms with Crippen LogP contribution >= 0.6 is 0 Å². The smallest absolute Gasteiger partial charge is 0.239 e. The number of para-hydroxylation sites is 1. The van der Waals surface area contributed by atoms with E-state index in [-0.39, 0.29) is 12.5 Å². The van der Waals surface area contributed by atoms with Gasteiger partial charge in [0.1, 0.15) is 11.3 Å². The molecule has 6 heteroatoms. The molecule has 0 bridgehead atoms. The second kappa shape index (κ2) is 9.60. The standard InChI is InChI=1S/C22H26N4O2/c1-16-18-10-6-7-11-19(18)28-20(16)14-25-22(23-2)26-15-21(27)24-13-12-17-8-4-3-5-9-17/h3-11H,12-15H2,1-2H3,(H,24,27)(H2,23,25,26). The van der Waals surface area contributed by atoms with Crippen LogP contribution in [0.3, 0.4) is 0 Å². The van der Waals surface area contributed by atoms with E-state index in [1.54, 1.807) is 7.05 Å². The molecule has 1 heterocycles. The number of nitrogens with zero attached hydrogens (tertiary/aromatic N) is 1. The van der Waals surface area contributed by atoms with Crippen molar-refractivity contribution in [3.05, 3.63) is 71.5 Å². The molecule has 3 rings (SSSR count). The zero-order valence-corrected chi connectivity index (χ0v) is 16.3. The number of fused-ring (bicyclic) bond motifs is 1. The summed E-state index contributed by atoms with van der Waals surface area (Å²) in [6, 6.07) is 18.0. The highest BCUT2D eigenvalue weighted by Gasteiger charge is 2.10. The van der Waals surface area contributed by atoms with Crippen LogP contribution in [-0.2, 0) is 17.8 Å². The van der Waals surface area contributed by atoms with E-state index in [9.17, 15) is 4.79 Å². The molecule has 6 nitrogen and oxygen atoms in total. The number of aliphatic imine (C=N–C) groups is 1. The molecule has 0 aliphatic carbocycles. The third-order valence-electron chi connectivity index (χ3n) is 4.58. The van der Waals surface area contributed by atoms with Crippen molar-refractivity contribution in [2.75, 3.05) is 20.1 Å². The van der Waals surface area contributed by atoms with Crippen LogP contribution in [0.1, 0.15) is 16.9 Å². The van der Waals surface area contributed by atoms with Gasteiger partial charge in [0.2, 0.25) is 5.91 Å². The van der Waals surface area contributed by atoms with Gasteiger partial charge in [-0.25, -0.2) is 0 Å². The summed E-state index contributed by atoms with van der Waals surface area (Å²) in [5, 5.41) is 10.2. The first-order valence-electron chi connectivity index (χ1n) is 9.39. The molecule has 2 aromatic carbocycles. The van der Waals surface area contributed by atoms with E-state index in [4.69, 9.17) is 4.42 Å². The molecule has 0 unspecified atom stereocenters. The van der Waals surface area contributed by atoms with Crippen molar-refractivity contribution in [1.82, 2.24) is 16.0 Å². The van der Waals surface area contributed by atoms with E-state index < -0.39 is 0 Å². The maximum Gasteiger partial charge on any atom is 0.239 e. The lowest BCUT2D eigenvalue weighted by Gasteiger charge is -2.11. The minimum atomic E-state index is -0.0706. The Morgan fingerprint density at radius 1 is 1.00 bits per heavy atom. The van der Waals surface area contributed by atoms with E-state index in [1.165, 1.54) is 5.56 Å². The first-order valence-corrected chi connectivity index (χ1v) is 9.39. The second-order valence-electron chi connectivity index (χ2n) is 6.51. The van der Waals surface area contributed by atoms with Gasteiger partial charge in [-0.15, -0.1) is 0 Å². The summed E-state index contributed by atoms with van der Waals surface area (Å²) in [5.74, 6) is 1.34. The Labute approximate surface area is 165 Å². The lowest BCUT2D eigenvalue weighted by atomic mass is 10.1.